The molecule has 110 valence electrons. The number of aromatic nitrogens is 2. The molecular weight excluding hydrogens is 270 g/mol. The van der Waals surface area contributed by atoms with Gasteiger partial charge in [-0.05, 0) is 38.1 Å². The molecule has 6 heteroatoms. The van der Waals surface area contributed by atoms with E-state index in [0.717, 1.165) is 5.69 Å². The van der Waals surface area contributed by atoms with Gasteiger partial charge in [0.25, 0.3) is 0 Å². The lowest BCUT2D eigenvalue weighted by Crippen LogP contribution is -2.07. The van der Waals surface area contributed by atoms with E-state index in [4.69, 9.17) is 4.74 Å². The fraction of sp³-hybridized carbons (Fsp3) is 0.267. The lowest BCUT2D eigenvalue weighted by molar-refractivity contribution is -0.114. The molecule has 0 aliphatic heterocycles. The molecule has 0 spiro atoms. The van der Waals surface area contributed by atoms with Crippen LogP contribution < -0.4 is 5.32 Å². The van der Waals surface area contributed by atoms with Crippen molar-refractivity contribution in [1.82, 2.24) is 9.78 Å². The Bertz CT molecular complexity index is 659. The van der Waals surface area contributed by atoms with Crippen LogP contribution in [0.1, 0.15) is 29.9 Å². The quantitative estimate of drug-likeness (QED) is 0.876. The van der Waals surface area contributed by atoms with E-state index in [9.17, 15) is 9.59 Å². The summed E-state index contributed by atoms with van der Waals surface area (Å²) in [6.45, 7) is 5.35. The van der Waals surface area contributed by atoms with Gasteiger partial charge in [-0.25, -0.2) is 9.48 Å². The van der Waals surface area contributed by atoms with Crippen LogP contribution >= 0.6 is 0 Å². The normalized spacial score (nSPS) is 10.2. The van der Waals surface area contributed by atoms with Crippen LogP contribution in [0.5, 0.6) is 0 Å². The van der Waals surface area contributed by atoms with Crippen molar-refractivity contribution >= 4 is 17.6 Å². The van der Waals surface area contributed by atoms with Gasteiger partial charge in [-0.3, -0.25) is 4.79 Å². The molecule has 2 rings (SSSR count). The van der Waals surface area contributed by atoms with Crippen molar-refractivity contribution < 1.29 is 14.3 Å². The number of rotatable bonds is 4. The van der Waals surface area contributed by atoms with Gasteiger partial charge in [0.1, 0.15) is 5.56 Å². The zero-order valence-corrected chi connectivity index (χ0v) is 12.2. The van der Waals surface area contributed by atoms with Gasteiger partial charge in [-0.15, -0.1) is 0 Å². The van der Waals surface area contributed by atoms with Crippen LogP contribution in [0.3, 0.4) is 0 Å². The van der Waals surface area contributed by atoms with Gasteiger partial charge in [-0.2, -0.15) is 5.10 Å². The van der Waals surface area contributed by atoms with Crippen LogP contribution in [-0.2, 0) is 9.53 Å². The third kappa shape index (κ3) is 3.28. The molecule has 0 bridgehead atoms. The molecule has 0 unspecified atom stereocenters. The number of ether oxygens (including phenoxy) is 1. The van der Waals surface area contributed by atoms with E-state index >= 15 is 0 Å². The molecule has 0 saturated carbocycles. The molecule has 0 aliphatic rings. The van der Waals surface area contributed by atoms with Crippen LogP contribution in [-0.4, -0.2) is 28.3 Å². The fourth-order valence-corrected chi connectivity index (χ4v) is 1.97. The number of nitrogens with zero attached hydrogens (tertiary/aromatic N) is 2. The van der Waals surface area contributed by atoms with E-state index in [0.29, 0.717) is 23.6 Å². The molecule has 2 aromatic rings. The van der Waals surface area contributed by atoms with Crippen molar-refractivity contribution in [2.45, 2.75) is 20.8 Å². The molecule has 0 saturated heterocycles. The second-order valence-electron chi connectivity index (χ2n) is 4.50. The van der Waals surface area contributed by atoms with Crippen molar-refractivity contribution in [3.05, 3.63) is 41.7 Å². The standard InChI is InChI=1S/C15H17N3O3/c1-4-21-15(20)14-9-16-18(10(14)2)13-7-5-12(6-8-13)17-11(3)19/h5-9H,4H2,1-3H3,(H,17,19). The number of carbonyl (C=O) groups is 2. The zero-order chi connectivity index (χ0) is 15.4. The van der Waals surface area contributed by atoms with Crippen molar-refractivity contribution in [1.29, 1.82) is 0 Å². The number of amides is 1. The molecule has 1 amide bonds. The first-order chi connectivity index (χ1) is 10.0. The Balaban J connectivity index is 2.26. The van der Waals surface area contributed by atoms with Crippen LogP contribution in [0.15, 0.2) is 30.5 Å². The first-order valence-electron chi connectivity index (χ1n) is 6.62. The van der Waals surface area contributed by atoms with Crippen molar-refractivity contribution in [3.63, 3.8) is 0 Å². The Kier molecular flexibility index (Phi) is 4.37. The van der Waals surface area contributed by atoms with E-state index in [-0.39, 0.29) is 11.9 Å². The topological polar surface area (TPSA) is 73.2 Å². The minimum absolute atomic E-state index is 0.123. The molecule has 0 aliphatic carbocycles. The summed E-state index contributed by atoms with van der Waals surface area (Å²) in [6.07, 6.45) is 1.50. The summed E-state index contributed by atoms with van der Waals surface area (Å²) in [5.41, 5.74) is 2.67. The molecule has 0 radical (unpaired) electrons. The van der Waals surface area contributed by atoms with Crippen LogP contribution in [0, 0.1) is 6.92 Å². The Morgan fingerprint density at radius 2 is 1.95 bits per heavy atom. The molecule has 0 atom stereocenters. The first kappa shape index (κ1) is 14.8. The molecule has 21 heavy (non-hydrogen) atoms. The highest BCUT2D eigenvalue weighted by Gasteiger charge is 2.15. The highest BCUT2D eigenvalue weighted by Crippen LogP contribution is 2.17. The minimum Gasteiger partial charge on any atom is -0.462 e. The largest absolute Gasteiger partial charge is 0.462 e. The monoisotopic (exact) mass is 287 g/mol. The molecule has 1 heterocycles. The Hall–Kier alpha value is -2.63. The highest BCUT2D eigenvalue weighted by atomic mass is 16.5. The number of hydrogen-bond donors (Lipinski definition) is 1. The summed E-state index contributed by atoms with van der Waals surface area (Å²) in [5, 5.41) is 6.90. The number of esters is 1. The SMILES string of the molecule is CCOC(=O)c1cnn(-c2ccc(NC(C)=O)cc2)c1C. The zero-order valence-electron chi connectivity index (χ0n) is 12.2. The van der Waals surface area contributed by atoms with Gasteiger partial charge in [-0.1, -0.05) is 0 Å². The maximum Gasteiger partial charge on any atom is 0.341 e. The Labute approximate surface area is 122 Å². The molecule has 6 nitrogen and oxygen atoms in total. The molecule has 0 fully saturated rings. The van der Waals surface area contributed by atoms with E-state index in [1.54, 1.807) is 30.7 Å². The summed E-state index contributed by atoms with van der Waals surface area (Å²) in [6, 6.07) is 7.20. The number of anilines is 1. The lowest BCUT2D eigenvalue weighted by Gasteiger charge is -2.07. The first-order valence-corrected chi connectivity index (χ1v) is 6.62. The number of benzene rings is 1. The molecular formula is C15H17N3O3. The van der Waals surface area contributed by atoms with Crippen LogP contribution in [0.2, 0.25) is 0 Å². The maximum atomic E-state index is 11.8. The molecule has 1 aromatic heterocycles. The van der Waals surface area contributed by atoms with Crippen molar-refractivity contribution in [2.75, 3.05) is 11.9 Å². The van der Waals surface area contributed by atoms with Gasteiger partial charge >= 0.3 is 5.97 Å². The molecule has 1 N–H and O–H groups in total. The number of nitrogens with one attached hydrogen (secondary N) is 1. The Morgan fingerprint density at radius 1 is 1.29 bits per heavy atom. The van der Waals surface area contributed by atoms with Crippen molar-refractivity contribution in [3.8, 4) is 5.69 Å². The van der Waals surface area contributed by atoms with Crippen LogP contribution in [0.4, 0.5) is 5.69 Å². The van der Waals surface area contributed by atoms with Crippen molar-refractivity contribution in [2.24, 2.45) is 0 Å². The highest BCUT2D eigenvalue weighted by molar-refractivity contribution is 5.90. The van der Waals surface area contributed by atoms with E-state index in [1.165, 1.54) is 13.1 Å². The predicted molar refractivity (Wildman–Crippen MR) is 78.6 cm³/mol. The average Bonchev–Trinajstić information content (AvgIpc) is 2.81. The minimum atomic E-state index is -0.379. The Morgan fingerprint density at radius 3 is 2.52 bits per heavy atom. The van der Waals surface area contributed by atoms with E-state index in [1.807, 2.05) is 12.1 Å². The van der Waals surface area contributed by atoms with Gasteiger partial charge < -0.3 is 10.1 Å². The third-order valence-electron chi connectivity index (χ3n) is 2.94. The van der Waals surface area contributed by atoms with E-state index in [2.05, 4.69) is 10.4 Å². The summed E-state index contributed by atoms with van der Waals surface area (Å²) in [5.74, 6) is -0.501. The maximum absolute atomic E-state index is 11.8. The van der Waals surface area contributed by atoms with Gasteiger partial charge in [0.15, 0.2) is 0 Å². The van der Waals surface area contributed by atoms with Gasteiger partial charge in [0, 0.05) is 12.6 Å². The van der Waals surface area contributed by atoms with Crippen LogP contribution in [0.25, 0.3) is 5.69 Å². The van der Waals surface area contributed by atoms with E-state index < -0.39 is 0 Å². The lowest BCUT2D eigenvalue weighted by atomic mass is 10.2. The second kappa shape index (κ2) is 6.21. The smallest absolute Gasteiger partial charge is 0.341 e. The van der Waals surface area contributed by atoms with Gasteiger partial charge in [0.2, 0.25) is 5.91 Å². The summed E-state index contributed by atoms with van der Waals surface area (Å²) < 4.78 is 6.64. The fourth-order valence-electron chi connectivity index (χ4n) is 1.97. The predicted octanol–water partition coefficient (Wildman–Crippen LogP) is 2.32. The summed E-state index contributed by atoms with van der Waals surface area (Å²) in [4.78, 5) is 22.7. The number of carbonyl (C=O) groups excluding carboxylic acids is 2. The average molecular weight is 287 g/mol. The number of hydrogen-bond acceptors (Lipinski definition) is 4. The van der Waals surface area contributed by atoms with Gasteiger partial charge in [0.05, 0.1) is 24.2 Å². The second-order valence-corrected chi connectivity index (χ2v) is 4.50. The summed E-state index contributed by atoms with van der Waals surface area (Å²) in [7, 11) is 0. The molecule has 1 aromatic carbocycles. The summed E-state index contributed by atoms with van der Waals surface area (Å²) >= 11 is 0. The third-order valence-corrected chi connectivity index (χ3v) is 2.94.